The van der Waals surface area contributed by atoms with Gasteiger partial charge in [0.25, 0.3) is 0 Å². The van der Waals surface area contributed by atoms with Crippen LogP contribution in [0.4, 0.5) is 0 Å². The summed E-state index contributed by atoms with van der Waals surface area (Å²) < 4.78 is 0. The van der Waals surface area contributed by atoms with Gasteiger partial charge in [-0.2, -0.15) is 0 Å². The Bertz CT molecular complexity index is 211. The molecular formula is C10H20BaO4. The van der Waals surface area contributed by atoms with Gasteiger partial charge < -0.3 is 10.2 Å². The van der Waals surface area contributed by atoms with Gasteiger partial charge in [0.05, 0.1) is 0 Å². The molecule has 2 N–H and O–H groups in total. The van der Waals surface area contributed by atoms with E-state index in [-0.39, 0.29) is 55.3 Å². The first-order valence-electron chi connectivity index (χ1n) is 4.86. The van der Waals surface area contributed by atoms with Crippen molar-refractivity contribution in [3.8, 4) is 0 Å². The van der Waals surface area contributed by atoms with Crippen LogP contribution in [-0.4, -0.2) is 71.0 Å². The zero-order valence-corrected chi connectivity index (χ0v) is 8.91. The van der Waals surface area contributed by atoms with Gasteiger partial charge in [-0.25, -0.2) is 0 Å². The van der Waals surface area contributed by atoms with Crippen molar-refractivity contribution < 1.29 is 19.8 Å². The first-order valence-corrected chi connectivity index (χ1v) is 4.86. The van der Waals surface area contributed by atoms with Crippen LogP contribution < -0.4 is 0 Å². The molecule has 0 aromatic heterocycles. The second-order valence-electron chi connectivity index (χ2n) is 3.84. The summed E-state index contributed by atoms with van der Waals surface area (Å²) in [5.41, 5.74) is -1.62. The minimum absolute atomic E-state index is 0. The Morgan fingerprint density at radius 2 is 1.60 bits per heavy atom. The number of carbonyl (C=O) groups is 2. The van der Waals surface area contributed by atoms with Crippen LogP contribution in [0.1, 0.15) is 40.0 Å². The molecule has 15 heavy (non-hydrogen) atoms. The van der Waals surface area contributed by atoms with Gasteiger partial charge in [0.1, 0.15) is 0 Å². The second kappa shape index (κ2) is 7.73. The molecule has 0 aliphatic carbocycles. The first kappa shape index (κ1) is 17.9. The topological polar surface area (TPSA) is 74.6 Å². The molecule has 0 spiro atoms. The van der Waals surface area contributed by atoms with Gasteiger partial charge in [-0.3, -0.25) is 9.59 Å². The van der Waals surface area contributed by atoms with Crippen molar-refractivity contribution >= 4 is 60.8 Å². The molecule has 0 aliphatic heterocycles. The number of aliphatic carboxylic acids is 2. The number of carboxylic acids is 2. The van der Waals surface area contributed by atoms with Crippen molar-refractivity contribution in [1.82, 2.24) is 0 Å². The molecular weight excluding hydrogens is 321 g/mol. The van der Waals surface area contributed by atoms with E-state index >= 15 is 0 Å². The van der Waals surface area contributed by atoms with Crippen molar-refractivity contribution in [2.75, 3.05) is 0 Å². The minimum atomic E-state index is -1.62. The van der Waals surface area contributed by atoms with Crippen molar-refractivity contribution in [3.05, 3.63) is 0 Å². The molecule has 0 fully saturated rings. The van der Waals surface area contributed by atoms with Crippen LogP contribution in [0.25, 0.3) is 0 Å². The number of rotatable bonds is 6. The van der Waals surface area contributed by atoms with E-state index in [1.807, 2.05) is 6.92 Å². The van der Waals surface area contributed by atoms with Crippen molar-refractivity contribution in [1.29, 1.82) is 0 Å². The molecule has 0 saturated heterocycles. The van der Waals surface area contributed by atoms with Crippen molar-refractivity contribution in [2.24, 2.45) is 11.3 Å². The van der Waals surface area contributed by atoms with Gasteiger partial charge in [0.15, 0.2) is 5.41 Å². The summed E-state index contributed by atoms with van der Waals surface area (Å²) in [4.78, 5) is 22.1. The molecule has 86 valence electrons. The molecule has 5 heteroatoms. The normalized spacial score (nSPS) is 10.9. The van der Waals surface area contributed by atoms with Crippen LogP contribution in [0.3, 0.4) is 0 Å². The van der Waals surface area contributed by atoms with Crippen LogP contribution in [0.15, 0.2) is 0 Å². The first-order chi connectivity index (χ1) is 6.39. The van der Waals surface area contributed by atoms with Crippen LogP contribution in [0, 0.1) is 11.3 Å². The molecule has 0 bridgehead atoms. The third kappa shape index (κ3) is 4.11. The summed E-state index contributed by atoms with van der Waals surface area (Å²) in [7, 11) is 0. The summed E-state index contributed by atoms with van der Waals surface area (Å²) in [5.74, 6) is -2.86. The molecule has 0 unspecified atom stereocenters. The zero-order valence-electron chi connectivity index (χ0n) is 8.91. The summed E-state index contributed by atoms with van der Waals surface area (Å²) in [5, 5.41) is 18.0. The predicted molar refractivity (Wildman–Crippen MR) is 60.6 cm³/mol. The van der Waals surface area contributed by atoms with Crippen molar-refractivity contribution in [3.63, 3.8) is 0 Å². The Kier molecular flexibility index (Phi) is 9.22. The molecule has 0 aliphatic rings. The predicted octanol–water partition coefficient (Wildman–Crippen LogP) is 1.07. The Balaban J connectivity index is 0. The zero-order chi connectivity index (χ0) is 11.4. The molecule has 0 amide bonds. The van der Waals surface area contributed by atoms with Gasteiger partial charge >= 0.3 is 60.8 Å². The number of hydrogen-bond acceptors (Lipinski definition) is 2. The monoisotopic (exact) mass is 342 g/mol. The van der Waals surface area contributed by atoms with Gasteiger partial charge in [0.2, 0.25) is 0 Å². The van der Waals surface area contributed by atoms with E-state index in [0.717, 1.165) is 6.42 Å². The van der Waals surface area contributed by atoms with E-state index in [1.165, 1.54) is 0 Å². The summed E-state index contributed by atoms with van der Waals surface area (Å²) in [6.07, 6.45) is 1.62. The fourth-order valence-corrected chi connectivity index (χ4v) is 1.54. The fraction of sp³-hybridized carbons (Fsp3) is 0.800. The standard InChI is InChI=1S/C10H18O4.Ba.2H/c1-4-5-6-10(7(2)3,8(11)12)9(13)14;;;/h7H,4-6H2,1-3H3,(H,11,12)(H,13,14);;;. The van der Waals surface area contributed by atoms with E-state index in [2.05, 4.69) is 0 Å². The van der Waals surface area contributed by atoms with E-state index in [9.17, 15) is 9.59 Å². The number of hydrogen-bond donors (Lipinski definition) is 2. The molecule has 0 radical (unpaired) electrons. The quantitative estimate of drug-likeness (QED) is 0.560. The maximum atomic E-state index is 11.0. The average Bonchev–Trinajstić information content (AvgIpc) is 2.03. The third-order valence-corrected chi connectivity index (χ3v) is 2.67. The molecule has 4 nitrogen and oxygen atoms in total. The summed E-state index contributed by atoms with van der Waals surface area (Å²) >= 11 is 0. The number of carboxylic acid groups (broad SMARTS) is 2. The van der Waals surface area contributed by atoms with Gasteiger partial charge in [-0.15, -0.1) is 0 Å². The average molecular weight is 342 g/mol. The Morgan fingerprint density at radius 1 is 1.20 bits per heavy atom. The van der Waals surface area contributed by atoms with E-state index in [0.29, 0.717) is 6.42 Å². The SMILES string of the molecule is CCCCC(C(=O)O)(C(=O)O)C(C)C.[BaH2]. The van der Waals surface area contributed by atoms with E-state index in [4.69, 9.17) is 10.2 Å². The second-order valence-corrected chi connectivity index (χ2v) is 3.84. The van der Waals surface area contributed by atoms with E-state index < -0.39 is 23.3 Å². The maximum absolute atomic E-state index is 11.0. The molecule has 0 saturated carbocycles. The van der Waals surface area contributed by atoms with Crippen LogP contribution in [-0.2, 0) is 9.59 Å². The van der Waals surface area contributed by atoms with E-state index in [1.54, 1.807) is 13.8 Å². The van der Waals surface area contributed by atoms with Crippen LogP contribution in [0.5, 0.6) is 0 Å². The molecule has 0 atom stereocenters. The van der Waals surface area contributed by atoms with Crippen LogP contribution >= 0.6 is 0 Å². The van der Waals surface area contributed by atoms with Crippen LogP contribution in [0.2, 0.25) is 0 Å². The van der Waals surface area contributed by atoms with Gasteiger partial charge in [-0.05, 0) is 12.3 Å². The summed E-state index contributed by atoms with van der Waals surface area (Å²) in [6, 6.07) is 0. The molecule has 0 rings (SSSR count). The molecule has 0 aromatic rings. The number of unbranched alkanes of at least 4 members (excludes halogenated alkanes) is 1. The van der Waals surface area contributed by atoms with Crippen molar-refractivity contribution in [2.45, 2.75) is 40.0 Å². The molecule has 0 heterocycles. The fourth-order valence-electron chi connectivity index (χ4n) is 1.54. The summed E-state index contributed by atoms with van der Waals surface area (Å²) in [6.45, 7) is 5.19. The van der Waals surface area contributed by atoms with Gasteiger partial charge in [0, 0.05) is 0 Å². The Labute approximate surface area is 131 Å². The Hall–Kier alpha value is 0.511. The Morgan fingerprint density at radius 3 is 1.80 bits per heavy atom. The molecule has 0 aromatic carbocycles. The third-order valence-electron chi connectivity index (χ3n) is 2.67. The van der Waals surface area contributed by atoms with Gasteiger partial charge in [-0.1, -0.05) is 33.6 Å².